The molecule has 0 aromatic heterocycles. The lowest BCUT2D eigenvalue weighted by molar-refractivity contribution is -0.445. The van der Waals surface area contributed by atoms with E-state index < -0.39 is 42.6 Å². The van der Waals surface area contributed by atoms with Crippen LogP contribution in [0.4, 0.5) is 0 Å². The highest BCUT2D eigenvalue weighted by molar-refractivity contribution is 5.69. The number of unbranched alkanes of at least 4 members (excludes halogenated alkanes) is 11. The summed E-state index contributed by atoms with van der Waals surface area (Å²) in [6.07, 6.45) is 13.5. The third-order valence-corrected chi connectivity index (χ3v) is 6.04. The van der Waals surface area contributed by atoms with Crippen molar-refractivity contribution in [1.82, 2.24) is 0 Å². The first-order valence-electron chi connectivity index (χ1n) is 12.4. The molecule has 0 amide bonds. The molecule has 0 aliphatic carbocycles. The van der Waals surface area contributed by atoms with Crippen molar-refractivity contribution in [3.05, 3.63) is 12.2 Å². The maximum atomic E-state index is 12.1. The lowest BCUT2D eigenvalue weighted by atomic mass is 9.93. The first-order chi connectivity index (χ1) is 15.7. The maximum absolute atomic E-state index is 12.1. The van der Waals surface area contributed by atoms with Gasteiger partial charge in [-0.1, -0.05) is 70.4 Å². The summed E-state index contributed by atoms with van der Waals surface area (Å²) in [5.74, 6) is -6.94. The number of nitrogens with two attached hydrogens (primary N) is 1. The zero-order valence-corrected chi connectivity index (χ0v) is 20.0. The Bertz CT molecular complexity index is 571. The molecule has 1 aliphatic rings. The van der Waals surface area contributed by atoms with Crippen LogP contribution in [0.3, 0.4) is 0 Å². The number of rotatable bonds is 17. The summed E-state index contributed by atoms with van der Waals surface area (Å²) >= 11 is 0. The molecule has 9 heteroatoms. The molecule has 9 nitrogen and oxygen atoms in total. The number of carbonyl (C=O) groups excluding carboxylic acids is 1. The smallest absolute Gasteiger partial charge is 0.309 e. The minimum atomic E-state index is -3.06. The Hall–Kier alpha value is -1.07. The largest absolute Gasteiger partial charge is 0.423 e. The average molecular weight is 476 g/mol. The van der Waals surface area contributed by atoms with Gasteiger partial charge in [0.2, 0.25) is 0 Å². The molecular weight excluding hydrogens is 430 g/mol. The summed E-state index contributed by atoms with van der Waals surface area (Å²) in [7, 11) is 0. The summed E-state index contributed by atoms with van der Waals surface area (Å²) in [6, 6.07) is 0. The van der Waals surface area contributed by atoms with Crippen molar-refractivity contribution in [1.29, 1.82) is 0 Å². The van der Waals surface area contributed by atoms with E-state index >= 15 is 0 Å². The molecular formula is C24H45NO8. The predicted octanol–water partition coefficient (Wildman–Crippen LogP) is 1.97. The Morgan fingerprint density at radius 3 is 2.00 bits per heavy atom. The van der Waals surface area contributed by atoms with E-state index in [0.29, 0.717) is 6.42 Å². The predicted molar refractivity (Wildman–Crippen MR) is 124 cm³/mol. The topological polar surface area (TPSA) is 163 Å². The van der Waals surface area contributed by atoms with E-state index in [4.69, 9.17) is 20.3 Å². The molecule has 194 valence electrons. The second-order valence-corrected chi connectivity index (χ2v) is 8.98. The standard InChI is InChI=1S/C24H45NO8/c1-2-3-4-5-6-7-8-9-10-11-12-13-14-15-16-17-20(27)33-23(30)22(29)21(28)19(18-26)32-24(23,25)31/h9-10,19,21-22,26,28-31H,2-8,11-18,25H2,1H3/b10-9-/t19-,21-,22+,23-,24?/m1/s1. The molecule has 0 aromatic carbocycles. The SMILES string of the molecule is CCCCCCCC/C=C\CCCCCCCC(=O)O[C@]1(O)[C@@H](O)[C@H](O)[C@@H](CO)OC1(N)O. The van der Waals surface area contributed by atoms with Crippen molar-refractivity contribution in [2.24, 2.45) is 5.73 Å². The highest BCUT2D eigenvalue weighted by Crippen LogP contribution is 2.35. The van der Waals surface area contributed by atoms with Gasteiger partial charge in [-0.2, -0.15) is 0 Å². The van der Waals surface area contributed by atoms with Crippen molar-refractivity contribution in [3.63, 3.8) is 0 Å². The molecule has 1 heterocycles. The second-order valence-electron chi connectivity index (χ2n) is 8.98. The molecule has 0 bridgehead atoms. The first kappa shape index (κ1) is 30.0. The fourth-order valence-corrected chi connectivity index (χ4v) is 3.88. The molecule has 1 aliphatic heterocycles. The second kappa shape index (κ2) is 15.8. The Kier molecular flexibility index (Phi) is 14.3. The molecule has 1 rings (SSSR count). The summed E-state index contributed by atoms with van der Waals surface area (Å²) in [4.78, 5) is 12.1. The Morgan fingerprint density at radius 2 is 1.45 bits per heavy atom. The molecule has 5 atom stereocenters. The van der Waals surface area contributed by atoms with Crippen LogP contribution in [-0.4, -0.2) is 68.1 Å². The van der Waals surface area contributed by atoms with Crippen LogP contribution < -0.4 is 5.73 Å². The average Bonchev–Trinajstić information content (AvgIpc) is 2.78. The fourth-order valence-electron chi connectivity index (χ4n) is 3.88. The van der Waals surface area contributed by atoms with Gasteiger partial charge in [0, 0.05) is 6.42 Å². The van der Waals surface area contributed by atoms with Crippen molar-refractivity contribution < 1.29 is 39.8 Å². The van der Waals surface area contributed by atoms with Gasteiger partial charge >= 0.3 is 11.8 Å². The highest BCUT2D eigenvalue weighted by Gasteiger charge is 2.65. The first-order valence-corrected chi connectivity index (χ1v) is 12.4. The van der Waals surface area contributed by atoms with Crippen molar-refractivity contribution in [2.45, 2.75) is 127 Å². The minimum Gasteiger partial charge on any atom is -0.423 e. The number of carbonyl (C=O) groups is 1. The minimum absolute atomic E-state index is 0.0528. The van der Waals surface area contributed by atoms with Gasteiger partial charge in [-0.05, 0) is 32.1 Å². The number of aliphatic hydroxyl groups excluding tert-OH is 3. The summed E-state index contributed by atoms with van der Waals surface area (Å²) < 4.78 is 9.60. The van der Waals surface area contributed by atoms with Crippen LogP contribution in [0.2, 0.25) is 0 Å². The molecule has 7 N–H and O–H groups in total. The highest BCUT2D eigenvalue weighted by atomic mass is 16.8. The van der Waals surface area contributed by atoms with Gasteiger partial charge in [0.25, 0.3) is 5.91 Å². The Labute approximate surface area is 197 Å². The summed E-state index contributed by atoms with van der Waals surface area (Å²) in [6.45, 7) is 1.46. The van der Waals surface area contributed by atoms with Gasteiger partial charge in [-0.25, -0.2) is 0 Å². The number of allylic oxidation sites excluding steroid dienone is 2. The van der Waals surface area contributed by atoms with Gasteiger partial charge in [0.15, 0.2) is 6.10 Å². The van der Waals surface area contributed by atoms with E-state index in [1.165, 1.54) is 38.5 Å². The van der Waals surface area contributed by atoms with Crippen LogP contribution >= 0.6 is 0 Å². The van der Waals surface area contributed by atoms with Gasteiger partial charge in [0.1, 0.15) is 12.2 Å². The lowest BCUT2D eigenvalue weighted by Crippen LogP contribution is -2.77. The number of aliphatic hydroxyl groups is 5. The molecule has 0 saturated carbocycles. The summed E-state index contributed by atoms with van der Waals surface area (Å²) in [5.41, 5.74) is 5.43. The zero-order chi connectivity index (χ0) is 24.7. The number of esters is 1. The monoisotopic (exact) mass is 475 g/mol. The van der Waals surface area contributed by atoms with Gasteiger partial charge in [-0.15, -0.1) is 0 Å². The number of hydrogen-bond acceptors (Lipinski definition) is 9. The van der Waals surface area contributed by atoms with Crippen LogP contribution in [0.15, 0.2) is 12.2 Å². The third-order valence-electron chi connectivity index (χ3n) is 6.04. The molecule has 33 heavy (non-hydrogen) atoms. The quantitative estimate of drug-likeness (QED) is 0.0799. The van der Waals surface area contributed by atoms with Crippen LogP contribution in [0.1, 0.15) is 96.8 Å². The van der Waals surface area contributed by atoms with Crippen molar-refractivity contribution in [2.75, 3.05) is 6.61 Å². The Morgan fingerprint density at radius 1 is 0.939 bits per heavy atom. The fraction of sp³-hybridized carbons (Fsp3) is 0.875. The van der Waals surface area contributed by atoms with Crippen molar-refractivity contribution >= 4 is 5.97 Å². The molecule has 0 aromatic rings. The van der Waals surface area contributed by atoms with E-state index in [9.17, 15) is 25.2 Å². The van der Waals surface area contributed by atoms with E-state index in [1.54, 1.807) is 0 Å². The molecule has 1 saturated heterocycles. The van der Waals surface area contributed by atoms with E-state index in [2.05, 4.69) is 19.1 Å². The summed E-state index contributed by atoms with van der Waals surface area (Å²) in [5, 5.41) is 49.5. The number of hydrogen-bond donors (Lipinski definition) is 6. The van der Waals surface area contributed by atoms with Gasteiger partial charge < -0.3 is 35.0 Å². The lowest BCUT2D eigenvalue weighted by Gasteiger charge is -2.49. The van der Waals surface area contributed by atoms with Crippen LogP contribution in [0, 0.1) is 0 Å². The third kappa shape index (κ3) is 9.98. The van der Waals surface area contributed by atoms with Gasteiger partial charge in [0.05, 0.1) is 6.61 Å². The van der Waals surface area contributed by atoms with Crippen LogP contribution in [-0.2, 0) is 14.3 Å². The zero-order valence-electron chi connectivity index (χ0n) is 20.0. The van der Waals surface area contributed by atoms with Gasteiger partial charge in [-0.3, -0.25) is 10.5 Å². The Balaban J connectivity index is 2.15. The normalized spacial score (nSPS) is 30.1. The van der Waals surface area contributed by atoms with Crippen LogP contribution in [0.5, 0.6) is 0 Å². The number of ether oxygens (including phenoxy) is 2. The molecule has 0 radical (unpaired) electrons. The van der Waals surface area contributed by atoms with Crippen LogP contribution in [0.25, 0.3) is 0 Å². The van der Waals surface area contributed by atoms with Crippen molar-refractivity contribution in [3.8, 4) is 0 Å². The van der Waals surface area contributed by atoms with E-state index in [1.807, 2.05) is 0 Å². The molecule has 0 spiro atoms. The van der Waals surface area contributed by atoms with E-state index in [0.717, 1.165) is 38.5 Å². The molecule has 1 unspecified atom stereocenters. The van der Waals surface area contributed by atoms with E-state index in [-0.39, 0.29) is 6.42 Å². The molecule has 1 fully saturated rings. The maximum Gasteiger partial charge on any atom is 0.309 e.